The Labute approximate surface area is 127 Å². The number of rotatable bonds is 3. The normalized spacial score (nSPS) is 24.3. The van der Waals surface area contributed by atoms with Crippen LogP contribution in [0.5, 0.6) is 0 Å². The van der Waals surface area contributed by atoms with Gasteiger partial charge in [-0.25, -0.2) is 4.39 Å². The van der Waals surface area contributed by atoms with E-state index in [1.165, 1.54) is 18.2 Å². The van der Waals surface area contributed by atoms with E-state index in [-0.39, 0.29) is 30.2 Å². The molecule has 3 amide bonds. The Kier molecular flexibility index (Phi) is 3.92. The first-order valence-electron chi connectivity index (χ1n) is 7.47. The molecule has 0 radical (unpaired) electrons. The molecule has 22 heavy (non-hydrogen) atoms. The number of anilines is 1. The third kappa shape index (κ3) is 2.73. The summed E-state index contributed by atoms with van der Waals surface area (Å²) < 4.78 is 13.1. The van der Waals surface area contributed by atoms with Crippen LogP contribution in [0.3, 0.4) is 0 Å². The van der Waals surface area contributed by atoms with Crippen LogP contribution in [0.25, 0.3) is 0 Å². The highest BCUT2D eigenvalue weighted by Crippen LogP contribution is 2.37. The number of hydrogen-bond acceptors (Lipinski definition) is 3. The van der Waals surface area contributed by atoms with E-state index in [0.717, 1.165) is 30.6 Å². The number of fused-ring (bicyclic) bond motifs is 1. The van der Waals surface area contributed by atoms with Crippen molar-refractivity contribution in [1.29, 1.82) is 0 Å². The van der Waals surface area contributed by atoms with Crippen LogP contribution < -0.4 is 5.32 Å². The average molecular weight is 304 g/mol. The number of nitrogens with zero attached hydrogens (tertiary/aromatic N) is 1. The second-order valence-electron chi connectivity index (χ2n) is 5.82. The zero-order valence-corrected chi connectivity index (χ0v) is 12.0. The molecule has 0 aromatic heterocycles. The summed E-state index contributed by atoms with van der Waals surface area (Å²) >= 11 is 0. The molecular formula is C16H17FN2O3. The number of imide groups is 1. The lowest BCUT2D eigenvalue weighted by atomic mass is 9.81. The van der Waals surface area contributed by atoms with Crippen molar-refractivity contribution in [2.75, 3.05) is 11.9 Å². The third-order valence-electron chi connectivity index (χ3n) is 4.34. The zero-order chi connectivity index (χ0) is 15.7. The molecule has 1 saturated heterocycles. The first kappa shape index (κ1) is 14.7. The fourth-order valence-electron chi connectivity index (χ4n) is 3.30. The van der Waals surface area contributed by atoms with Gasteiger partial charge in [0.2, 0.25) is 17.7 Å². The molecule has 2 fully saturated rings. The highest BCUT2D eigenvalue weighted by Gasteiger charge is 2.48. The monoisotopic (exact) mass is 304 g/mol. The van der Waals surface area contributed by atoms with E-state index in [2.05, 4.69) is 5.32 Å². The predicted octanol–water partition coefficient (Wildman–Crippen LogP) is 1.94. The van der Waals surface area contributed by atoms with E-state index < -0.39 is 11.7 Å². The number of nitrogens with one attached hydrogen (secondary N) is 1. The van der Waals surface area contributed by atoms with Gasteiger partial charge in [-0.15, -0.1) is 0 Å². The van der Waals surface area contributed by atoms with Crippen LogP contribution in [-0.4, -0.2) is 29.2 Å². The van der Waals surface area contributed by atoms with E-state index in [4.69, 9.17) is 0 Å². The molecule has 0 bridgehead atoms. The fraction of sp³-hybridized carbons (Fsp3) is 0.438. The Morgan fingerprint density at radius 3 is 2.41 bits per heavy atom. The van der Waals surface area contributed by atoms with E-state index in [0.29, 0.717) is 5.69 Å². The second-order valence-corrected chi connectivity index (χ2v) is 5.82. The molecule has 0 unspecified atom stereocenters. The number of likely N-dealkylation sites (tertiary alicyclic amines) is 1. The molecule has 1 N–H and O–H groups in total. The summed E-state index contributed by atoms with van der Waals surface area (Å²) in [6.45, 7) is -0.304. The Balaban J connectivity index is 1.66. The Morgan fingerprint density at radius 2 is 1.82 bits per heavy atom. The van der Waals surface area contributed by atoms with Gasteiger partial charge in [0, 0.05) is 5.69 Å². The van der Waals surface area contributed by atoms with Gasteiger partial charge in [0.15, 0.2) is 0 Å². The van der Waals surface area contributed by atoms with Crippen molar-refractivity contribution in [3.8, 4) is 0 Å². The Morgan fingerprint density at radius 1 is 1.18 bits per heavy atom. The van der Waals surface area contributed by atoms with Crippen molar-refractivity contribution in [1.82, 2.24) is 4.90 Å². The van der Waals surface area contributed by atoms with Gasteiger partial charge in [-0.3, -0.25) is 19.3 Å². The molecule has 1 aliphatic heterocycles. The Bertz CT molecular complexity index is 608. The first-order chi connectivity index (χ1) is 10.6. The van der Waals surface area contributed by atoms with Crippen LogP contribution in [0, 0.1) is 17.7 Å². The molecule has 1 aliphatic carbocycles. The molecule has 1 aromatic rings. The highest BCUT2D eigenvalue weighted by atomic mass is 19.1. The number of halogens is 1. The summed E-state index contributed by atoms with van der Waals surface area (Å²) in [4.78, 5) is 37.6. The lowest BCUT2D eigenvalue weighted by Gasteiger charge is -2.19. The lowest BCUT2D eigenvalue weighted by Crippen LogP contribution is -2.38. The van der Waals surface area contributed by atoms with Gasteiger partial charge in [-0.1, -0.05) is 18.9 Å². The third-order valence-corrected chi connectivity index (χ3v) is 4.34. The van der Waals surface area contributed by atoms with Crippen molar-refractivity contribution < 1.29 is 18.8 Å². The minimum atomic E-state index is -0.494. The molecular weight excluding hydrogens is 287 g/mol. The van der Waals surface area contributed by atoms with Gasteiger partial charge in [-0.05, 0) is 31.0 Å². The number of hydrogen-bond donors (Lipinski definition) is 1. The SMILES string of the molecule is O=C(CN1C(=O)[C@@H]2CCCC[C@H]2C1=O)Nc1cccc(F)c1. The standard InChI is InChI=1S/C16H17FN2O3/c17-10-4-3-5-11(8-10)18-14(20)9-19-15(21)12-6-1-2-7-13(12)16(19)22/h3-5,8,12-13H,1-2,6-7,9H2,(H,18,20)/t12-,13-/m1/s1. The molecule has 1 heterocycles. The minimum Gasteiger partial charge on any atom is -0.324 e. The maximum absolute atomic E-state index is 13.1. The summed E-state index contributed by atoms with van der Waals surface area (Å²) in [6, 6.07) is 5.49. The molecule has 6 heteroatoms. The number of carbonyl (C=O) groups excluding carboxylic acids is 3. The van der Waals surface area contributed by atoms with E-state index in [9.17, 15) is 18.8 Å². The highest BCUT2D eigenvalue weighted by molar-refractivity contribution is 6.08. The summed E-state index contributed by atoms with van der Waals surface area (Å²) in [7, 11) is 0. The molecule has 5 nitrogen and oxygen atoms in total. The summed E-state index contributed by atoms with van der Waals surface area (Å²) in [5.41, 5.74) is 0.307. The largest absolute Gasteiger partial charge is 0.324 e. The second kappa shape index (κ2) is 5.87. The van der Waals surface area contributed by atoms with Crippen LogP contribution in [-0.2, 0) is 14.4 Å². The average Bonchev–Trinajstić information content (AvgIpc) is 2.73. The fourth-order valence-corrected chi connectivity index (χ4v) is 3.30. The van der Waals surface area contributed by atoms with E-state index in [1.807, 2.05) is 0 Å². The molecule has 116 valence electrons. The van der Waals surface area contributed by atoms with Gasteiger partial charge >= 0.3 is 0 Å². The summed E-state index contributed by atoms with van der Waals surface area (Å²) in [5, 5.41) is 2.51. The first-order valence-corrected chi connectivity index (χ1v) is 7.47. The summed E-state index contributed by atoms with van der Waals surface area (Å²) in [5.74, 6) is -1.97. The predicted molar refractivity (Wildman–Crippen MR) is 77.2 cm³/mol. The quantitative estimate of drug-likeness (QED) is 0.868. The van der Waals surface area contributed by atoms with Crippen molar-refractivity contribution >= 4 is 23.4 Å². The lowest BCUT2D eigenvalue weighted by molar-refractivity contribution is -0.142. The minimum absolute atomic E-state index is 0.246. The Hall–Kier alpha value is -2.24. The molecule has 3 rings (SSSR count). The molecule has 1 saturated carbocycles. The molecule has 1 aromatic carbocycles. The smallest absolute Gasteiger partial charge is 0.244 e. The topological polar surface area (TPSA) is 66.5 Å². The van der Waals surface area contributed by atoms with Gasteiger partial charge < -0.3 is 5.32 Å². The van der Waals surface area contributed by atoms with Crippen LogP contribution in [0.15, 0.2) is 24.3 Å². The van der Waals surface area contributed by atoms with E-state index in [1.54, 1.807) is 6.07 Å². The molecule has 2 atom stereocenters. The van der Waals surface area contributed by atoms with Crippen molar-refractivity contribution in [2.24, 2.45) is 11.8 Å². The maximum atomic E-state index is 13.1. The molecule has 2 aliphatic rings. The number of amides is 3. The number of benzene rings is 1. The maximum Gasteiger partial charge on any atom is 0.244 e. The van der Waals surface area contributed by atoms with Crippen LogP contribution in [0.4, 0.5) is 10.1 Å². The summed E-state index contributed by atoms with van der Waals surface area (Å²) in [6.07, 6.45) is 3.33. The molecule has 0 spiro atoms. The van der Waals surface area contributed by atoms with Crippen molar-refractivity contribution in [2.45, 2.75) is 25.7 Å². The van der Waals surface area contributed by atoms with Crippen molar-refractivity contribution in [3.63, 3.8) is 0 Å². The number of carbonyl (C=O) groups is 3. The zero-order valence-electron chi connectivity index (χ0n) is 12.0. The van der Waals surface area contributed by atoms with Gasteiger partial charge in [-0.2, -0.15) is 0 Å². The van der Waals surface area contributed by atoms with Gasteiger partial charge in [0.25, 0.3) is 0 Å². The van der Waals surface area contributed by atoms with Crippen LogP contribution in [0.2, 0.25) is 0 Å². The van der Waals surface area contributed by atoms with Gasteiger partial charge in [0.05, 0.1) is 11.8 Å². The van der Waals surface area contributed by atoms with Crippen LogP contribution in [0.1, 0.15) is 25.7 Å². The van der Waals surface area contributed by atoms with Gasteiger partial charge in [0.1, 0.15) is 12.4 Å². The van der Waals surface area contributed by atoms with E-state index >= 15 is 0 Å². The van der Waals surface area contributed by atoms with Crippen LogP contribution >= 0.6 is 0 Å². The van der Waals surface area contributed by atoms with Crippen molar-refractivity contribution in [3.05, 3.63) is 30.1 Å².